The average molecular weight is 271 g/mol. The lowest BCUT2D eigenvalue weighted by molar-refractivity contribution is 0.629. The van der Waals surface area contributed by atoms with Gasteiger partial charge >= 0.3 is 0 Å². The molecule has 0 aliphatic rings. The molecule has 0 radical (unpaired) electrons. The van der Waals surface area contributed by atoms with Crippen LogP contribution in [0.15, 0.2) is 42.6 Å². The lowest BCUT2D eigenvalue weighted by atomic mass is 10.1. The molecule has 19 heavy (non-hydrogen) atoms. The van der Waals surface area contributed by atoms with Gasteiger partial charge in [0.05, 0.1) is 10.2 Å². The molecule has 2 heterocycles. The molecule has 0 amide bonds. The molecule has 2 aromatic heterocycles. The maximum atomic E-state index is 13.5. The highest BCUT2D eigenvalue weighted by molar-refractivity contribution is 7.26. The van der Waals surface area contributed by atoms with Crippen molar-refractivity contribution < 1.29 is 8.78 Å². The van der Waals surface area contributed by atoms with Gasteiger partial charge in [0.1, 0.15) is 11.6 Å². The summed E-state index contributed by atoms with van der Waals surface area (Å²) < 4.78 is 28.5. The number of nitrogens with zero attached hydrogens (tertiary/aromatic N) is 1. The predicted molar refractivity (Wildman–Crippen MR) is 74.5 cm³/mol. The first-order chi connectivity index (χ1) is 9.22. The molecule has 0 aliphatic carbocycles. The Balaban J connectivity index is 2.30. The van der Waals surface area contributed by atoms with Gasteiger partial charge < -0.3 is 0 Å². The van der Waals surface area contributed by atoms with Crippen LogP contribution in [0.25, 0.3) is 31.1 Å². The minimum Gasteiger partial charge on any atom is -0.255 e. The molecule has 0 saturated heterocycles. The topological polar surface area (TPSA) is 12.9 Å². The second-order valence-electron chi connectivity index (χ2n) is 4.40. The molecular formula is C15H7F2NS. The van der Waals surface area contributed by atoms with Crippen molar-refractivity contribution in [2.75, 3.05) is 0 Å². The number of aromatic nitrogens is 1. The van der Waals surface area contributed by atoms with Gasteiger partial charge in [0.2, 0.25) is 0 Å². The van der Waals surface area contributed by atoms with E-state index in [0.717, 1.165) is 31.1 Å². The van der Waals surface area contributed by atoms with Crippen molar-refractivity contribution in [3.63, 3.8) is 0 Å². The van der Waals surface area contributed by atoms with Crippen LogP contribution in [0.3, 0.4) is 0 Å². The molecule has 4 aromatic rings. The lowest BCUT2D eigenvalue weighted by Gasteiger charge is -2.00. The van der Waals surface area contributed by atoms with Gasteiger partial charge in [0.25, 0.3) is 0 Å². The van der Waals surface area contributed by atoms with Crippen molar-refractivity contribution in [2.24, 2.45) is 0 Å². The number of thiophene rings is 1. The Morgan fingerprint density at radius 3 is 2.53 bits per heavy atom. The fourth-order valence-corrected chi connectivity index (χ4v) is 3.52. The molecule has 0 spiro atoms. The number of fused-ring (bicyclic) bond motifs is 5. The van der Waals surface area contributed by atoms with Gasteiger partial charge in [-0.05, 0) is 36.4 Å². The predicted octanol–water partition coefficient (Wildman–Crippen LogP) is 4.88. The van der Waals surface area contributed by atoms with E-state index in [9.17, 15) is 8.78 Å². The second kappa shape index (κ2) is 3.71. The minimum absolute atomic E-state index is 0.262. The maximum Gasteiger partial charge on any atom is 0.124 e. The summed E-state index contributed by atoms with van der Waals surface area (Å²) in [5, 5.41) is 2.67. The fraction of sp³-hybridized carbons (Fsp3) is 0. The van der Waals surface area contributed by atoms with E-state index in [-0.39, 0.29) is 11.6 Å². The zero-order valence-corrected chi connectivity index (χ0v) is 10.5. The molecule has 0 atom stereocenters. The molecule has 4 rings (SSSR count). The highest BCUT2D eigenvalue weighted by Gasteiger charge is 2.10. The number of benzene rings is 2. The zero-order chi connectivity index (χ0) is 13.0. The third kappa shape index (κ3) is 1.53. The van der Waals surface area contributed by atoms with Crippen LogP contribution in [-0.2, 0) is 0 Å². The summed E-state index contributed by atoms with van der Waals surface area (Å²) >= 11 is 1.47. The van der Waals surface area contributed by atoms with Gasteiger partial charge in [-0.3, -0.25) is 4.98 Å². The summed E-state index contributed by atoms with van der Waals surface area (Å²) in [6.45, 7) is 0. The third-order valence-corrected chi connectivity index (χ3v) is 4.32. The first kappa shape index (κ1) is 10.8. The van der Waals surface area contributed by atoms with E-state index < -0.39 is 0 Å². The average Bonchev–Trinajstić information content (AvgIpc) is 2.76. The Hall–Kier alpha value is -2.07. The van der Waals surface area contributed by atoms with Crippen molar-refractivity contribution in [3.05, 3.63) is 54.2 Å². The molecule has 0 N–H and O–H groups in total. The summed E-state index contributed by atoms with van der Waals surface area (Å²) in [5.74, 6) is -0.550. The van der Waals surface area contributed by atoms with E-state index in [1.165, 1.54) is 35.6 Å². The first-order valence-corrected chi connectivity index (χ1v) is 6.60. The zero-order valence-electron chi connectivity index (χ0n) is 9.65. The van der Waals surface area contributed by atoms with Gasteiger partial charge in [-0.15, -0.1) is 11.3 Å². The van der Waals surface area contributed by atoms with E-state index >= 15 is 0 Å². The molecule has 0 unspecified atom stereocenters. The quantitative estimate of drug-likeness (QED) is 0.444. The lowest BCUT2D eigenvalue weighted by Crippen LogP contribution is -1.81. The minimum atomic E-state index is -0.289. The summed E-state index contributed by atoms with van der Waals surface area (Å²) in [6.07, 6.45) is 1.76. The number of pyridine rings is 1. The van der Waals surface area contributed by atoms with Crippen LogP contribution in [0.4, 0.5) is 8.78 Å². The molecule has 92 valence electrons. The van der Waals surface area contributed by atoms with Crippen LogP contribution in [0.1, 0.15) is 0 Å². The van der Waals surface area contributed by atoms with Crippen LogP contribution in [0, 0.1) is 11.6 Å². The Bertz CT molecular complexity index is 943. The van der Waals surface area contributed by atoms with Gasteiger partial charge in [-0.1, -0.05) is 0 Å². The molecule has 2 aromatic carbocycles. The van der Waals surface area contributed by atoms with E-state index in [4.69, 9.17) is 0 Å². The van der Waals surface area contributed by atoms with Crippen LogP contribution in [-0.4, -0.2) is 4.98 Å². The van der Waals surface area contributed by atoms with E-state index in [1.54, 1.807) is 18.3 Å². The molecule has 4 heteroatoms. The number of rotatable bonds is 0. The van der Waals surface area contributed by atoms with Crippen LogP contribution in [0.2, 0.25) is 0 Å². The molecule has 0 bridgehead atoms. The fourth-order valence-electron chi connectivity index (χ4n) is 2.41. The molecule has 1 nitrogen and oxygen atoms in total. The highest BCUT2D eigenvalue weighted by Crippen LogP contribution is 2.37. The third-order valence-electron chi connectivity index (χ3n) is 3.23. The number of hydrogen-bond donors (Lipinski definition) is 0. The normalized spacial score (nSPS) is 11.7. The van der Waals surface area contributed by atoms with E-state index in [2.05, 4.69) is 4.98 Å². The van der Waals surface area contributed by atoms with Crippen molar-refractivity contribution in [2.45, 2.75) is 0 Å². The Morgan fingerprint density at radius 1 is 0.842 bits per heavy atom. The standard InChI is InChI=1S/C15H7F2NS/c16-8-2-4-12-11(5-8)15-10-3-1-9(17)6-13(10)19-14(15)7-18-12/h1-7H. The second-order valence-corrected chi connectivity index (χ2v) is 5.49. The molecule has 0 fully saturated rings. The summed E-state index contributed by atoms with van der Waals surface area (Å²) in [7, 11) is 0. The Kier molecular flexibility index (Phi) is 2.11. The smallest absolute Gasteiger partial charge is 0.124 e. The highest BCUT2D eigenvalue weighted by atomic mass is 32.1. The largest absolute Gasteiger partial charge is 0.255 e. The SMILES string of the molecule is Fc1ccc2c(c1)sc1cnc3ccc(F)cc3c12. The van der Waals surface area contributed by atoms with E-state index in [1.807, 2.05) is 0 Å². The van der Waals surface area contributed by atoms with Crippen molar-refractivity contribution in [1.29, 1.82) is 0 Å². The summed E-state index contributed by atoms with van der Waals surface area (Å²) in [6, 6.07) is 9.23. The summed E-state index contributed by atoms with van der Waals surface area (Å²) in [5.41, 5.74) is 0.748. The van der Waals surface area contributed by atoms with Crippen LogP contribution < -0.4 is 0 Å². The molecular weight excluding hydrogens is 264 g/mol. The van der Waals surface area contributed by atoms with Crippen molar-refractivity contribution >= 4 is 42.4 Å². The van der Waals surface area contributed by atoms with Crippen LogP contribution >= 0.6 is 11.3 Å². The van der Waals surface area contributed by atoms with Crippen molar-refractivity contribution in [1.82, 2.24) is 4.98 Å². The van der Waals surface area contributed by atoms with Crippen molar-refractivity contribution in [3.8, 4) is 0 Å². The monoisotopic (exact) mass is 271 g/mol. The van der Waals surface area contributed by atoms with E-state index in [0.29, 0.717) is 0 Å². The van der Waals surface area contributed by atoms with Crippen LogP contribution in [0.5, 0.6) is 0 Å². The van der Waals surface area contributed by atoms with Gasteiger partial charge in [0, 0.05) is 27.1 Å². The summed E-state index contributed by atoms with van der Waals surface area (Å²) in [4.78, 5) is 4.32. The molecule has 0 aliphatic heterocycles. The van der Waals surface area contributed by atoms with Gasteiger partial charge in [0.15, 0.2) is 0 Å². The van der Waals surface area contributed by atoms with Gasteiger partial charge in [-0.25, -0.2) is 8.78 Å². The molecule has 0 saturated carbocycles. The van der Waals surface area contributed by atoms with Gasteiger partial charge in [-0.2, -0.15) is 0 Å². The number of halogens is 2. The number of hydrogen-bond acceptors (Lipinski definition) is 2. The Labute approximate surface area is 111 Å². The Morgan fingerprint density at radius 2 is 1.63 bits per heavy atom. The maximum absolute atomic E-state index is 13.5. The first-order valence-electron chi connectivity index (χ1n) is 5.78.